The average Bonchev–Trinajstić information content (AvgIpc) is 2.35. The van der Waals surface area contributed by atoms with Crippen LogP contribution in [0.1, 0.15) is 39.5 Å². The van der Waals surface area contributed by atoms with E-state index < -0.39 is 4.92 Å². The van der Waals surface area contributed by atoms with Gasteiger partial charge in [-0.05, 0) is 25.0 Å². The molecule has 2 N–H and O–H groups in total. The Balaban J connectivity index is 2.84. The van der Waals surface area contributed by atoms with Gasteiger partial charge in [-0.2, -0.15) is 0 Å². The number of hydrogen-bond acceptors (Lipinski definition) is 4. The maximum atomic E-state index is 10.9. The normalized spacial score (nSPS) is 12.1. The fourth-order valence-electron chi connectivity index (χ4n) is 1.84. The second-order valence-corrected chi connectivity index (χ2v) is 4.35. The van der Waals surface area contributed by atoms with E-state index in [-0.39, 0.29) is 17.5 Å². The molecule has 18 heavy (non-hydrogen) atoms. The third kappa shape index (κ3) is 3.91. The van der Waals surface area contributed by atoms with Gasteiger partial charge in [0, 0.05) is 6.04 Å². The Morgan fingerprint density at radius 2 is 2.17 bits per heavy atom. The highest BCUT2D eigenvalue weighted by Gasteiger charge is 2.17. The number of nitrogens with one attached hydrogen (secondary N) is 1. The minimum absolute atomic E-state index is 0.0788. The topological polar surface area (TPSA) is 75.4 Å². The number of rotatable bonds is 7. The minimum atomic E-state index is -0.478. The first kappa shape index (κ1) is 14.3. The first-order valence-electron chi connectivity index (χ1n) is 6.32. The average molecular weight is 252 g/mol. The van der Waals surface area contributed by atoms with Gasteiger partial charge in [0.15, 0.2) is 0 Å². The van der Waals surface area contributed by atoms with Crippen LogP contribution in [0.4, 0.5) is 11.4 Å². The van der Waals surface area contributed by atoms with Crippen molar-refractivity contribution in [2.24, 2.45) is 0 Å². The summed E-state index contributed by atoms with van der Waals surface area (Å²) in [5.41, 5.74) is 0.394. The number of aromatic hydroxyl groups is 1. The summed E-state index contributed by atoms with van der Waals surface area (Å²) in [6.07, 6.45) is 4.11. The number of benzene rings is 1. The molecule has 1 unspecified atom stereocenters. The Bertz CT molecular complexity index is 407. The molecule has 1 atom stereocenters. The van der Waals surface area contributed by atoms with Crippen LogP contribution in [0.25, 0.3) is 0 Å². The molecule has 0 radical (unpaired) electrons. The molecule has 5 nitrogen and oxygen atoms in total. The van der Waals surface area contributed by atoms with Crippen molar-refractivity contribution in [3.63, 3.8) is 0 Å². The van der Waals surface area contributed by atoms with Gasteiger partial charge < -0.3 is 10.4 Å². The van der Waals surface area contributed by atoms with E-state index in [2.05, 4.69) is 19.2 Å². The maximum Gasteiger partial charge on any atom is 0.296 e. The predicted octanol–water partition coefficient (Wildman–Crippen LogP) is 3.68. The number of nitrogens with zero attached hydrogens (tertiary/aromatic N) is 1. The number of phenols is 1. The van der Waals surface area contributed by atoms with Gasteiger partial charge in [-0.25, -0.2) is 0 Å². The number of anilines is 1. The van der Waals surface area contributed by atoms with Crippen LogP contribution in [0.3, 0.4) is 0 Å². The molecule has 0 aromatic heterocycles. The molecule has 0 saturated heterocycles. The second-order valence-electron chi connectivity index (χ2n) is 4.35. The zero-order valence-corrected chi connectivity index (χ0v) is 10.8. The molecular formula is C13H20N2O3. The van der Waals surface area contributed by atoms with Gasteiger partial charge in [0.05, 0.1) is 11.0 Å². The highest BCUT2D eigenvalue weighted by molar-refractivity contribution is 5.64. The van der Waals surface area contributed by atoms with E-state index in [0.29, 0.717) is 5.69 Å². The van der Waals surface area contributed by atoms with E-state index in [1.165, 1.54) is 12.1 Å². The Hall–Kier alpha value is -1.78. The molecule has 0 saturated carbocycles. The van der Waals surface area contributed by atoms with Crippen LogP contribution in [0.5, 0.6) is 5.75 Å². The molecule has 0 bridgehead atoms. The summed E-state index contributed by atoms with van der Waals surface area (Å²) < 4.78 is 0. The standard InChI is InChI=1S/C13H20N2O3/c1-3-5-6-10(4-2)14-12-8-7-11(16)9-13(12)15(17)18/h7-10,14,16H,3-6H2,1-2H3. The van der Waals surface area contributed by atoms with Crippen molar-refractivity contribution in [1.29, 1.82) is 0 Å². The van der Waals surface area contributed by atoms with Crippen molar-refractivity contribution >= 4 is 11.4 Å². The lowest BCUT2D eigenvalue weighted by Gasteiger charge is -2.17. The van der Waals surface area contributed by atoms with E-state index in [4.69, 9.17) is 0 Å². The maximum absolute atomic E-state index is 10.9. The van der Waals surface area contributed by atoms with Gasteiger partial charge in [0.1, 0.15) is 11.4 Å². The highest BCUT2D eigenvalue weighted by Crippen LogP contribution is 2.29. The SMILES string of the molecule is CCCCC(CC)Nc1ccc(O)cc1[N+](=O)[O-]. The largest absolute Gasteiger partial charge is 0.508 e. The van der Waals surface area contributed by atoms with Crippen LogP contribution >= 0.6 is 0 Å². The van der Waals surface area contributed by atoms with Crippen molar-refractivity contribution in [1.82, 2.24) is 0 Å². The molecular weight excluding hydrogens is 232 g/mol. The fourth-order valence-corrected chi connectivity index (χ4v) is 1.84. The van der Waals surface area contributed by atoms with Crippen molar-refractivity contribution in [3.05, 3.63) is 28.3 Å². The molecule has 0 aliphatic carbocycles. The van der Waals surface area contributed by atoms with Crippen LogP contribution in [0, 0.1) is 10.1 Å². The minimum Gasteiger partial charge on any atom is -0.508 e. The van der Waals surface area contributed by atoms with E-state index in [1.54, 1.807) is 6.07 Å². The lowest BCUT2D eigenvalue weighted by molar-refractivity contribution is -0.384. The van der Waals surface area contributed by atoms with Gasteiger partial charge in [-0.15, -0.1) is 0 Å². The van der Waals surface area contributed by atoms with Crippen molar-refractivity contribution in [2.75, 3.05) is 5.32 Å². The van der Waals surface area contributed by atoms with E-state index >= 15 is 0 Å². The first-order chi connectivity index (χ1) is 8.58. The van der Waals surface area contributed by atoms with Gasteiger partial charge >= 0.3 is 0 Å². The van der Waals surface area contributed by atoms with Crippen LogP contribution in [-0.2, 0) is 0 Å². The smallest absolute Gasteiger partial charge is 0.296 e. The molecule has 1 aromatic rings. The van der Waals surface area contributed by atoms with E-state index in [9.17, 15) is 15.2 Å². The lowest BCUT2D eigenvalue weighted by Crippen LogP contribution is -2.18. The lowest BCUT2D eigenvalue weighted by atomic mass is 10.1. The molecule has 0 aliphatic rings. The Labute approximate surface area is 107 Å². The number of nitro groups is 1. The van der Waals surface area contributed by atoms with E-state index in [1.807, 2.05) is 0 Å². The molecule has 5 heteroatoms. The summed E-state index contributed by atoms with van der Waals surface area (Å²) in [6.45, 7) is 4.18. The number of unbranched alkanes of at least 4 members (excludes halogenated alkanes) is 1. The van der Waals surface area contributed by atoms with Crippen molar-refractivity contribution < 1.29 is 10.0 Å². The second kappa shape index (κ2) is 6.83. The summed E-state index contributed by atoms with van der Waals surface area (Å²) in [7, 11) is 0. The van der Waals surface area contributed by atoms with Gasteiger partial charge in [-0.3, -0.25) is 10.1 Å². The van der Waals surface area contributed by atoms with Gasteiger partial charge in [0.25, 0.3) is 5.69 Å². The van der Waals surface area contributed by atoms with Crippen LogP contribution in [-0.4, -0.2) is 16.1 Å². The summed E-state index contributed by atoms with van der Waals surface area (Å²) in [5, 5.41) is 23.4. The first-order valence-corrected chi connectivity index (χ1v) is 6.32. The molecule has 1 rings (SSSR count). The van der Waals surface area contributed by atoms with Crippen LogP contribution in [0.15, 0.2) is 18.2 Å². The molecule has 0 aliphatic heterocycles. The molecule has 0 amide bonds. The highest BCUT2D eigenvalue weighted by atomic mass is 16.6. The molecule has 100 valence electrons. The van der Waals surface area contributed by atoms with Crippen LogP contribution in [0.2, 0.25) is 0 Å². The zero-order valence-electron chi connectivity index (χ0n) is 10.8. The van der Waals surface area contributed by atoms with Crippen LogP contribution < -0.4 is 5.32 Å². The fraction of sp³-hybridized carbons (Fsp3) is 0.538. The molecule has 0 heterocycles. The predicted molar refractivity (Wildman–Crippen MR) is 72.0 cm³/mol. The Morgan fingerprint density at radius 1 is 1.44 bits per heavy atom. The monoisotopic (exact) mass is 252 g/mol. The molecule has 0 fully saturated rings. The third-order valence-electron chi connectivity index (χ3n) is 2.94. The zero-order chi connectivity index (χ0) is 13.5. The molecule has 0 spiro atoms. The van der Waals surface area contributed by atoms with Gasteiger partial charge in [0.2, 0.25) is 0 Å². The summed E-state index contributed by atoms with van der Waals surface area (Å²) in [6, 6.07) is 4.42. The third-order valence-corrected chi connectivity index (χ3v) is 2.94. The van der Waals surface area contributed by atoms with Crippen molar-refractivity contribution in [2.45, 2.75) is 45.6 Å². The Morgan fingerprint density at radius 3 is 2.72 bits per heavy atom. The number of hydrogen-bond donors (Lipinski definition) is 2. The van der Waals surface area contributed by atoms with Gasteiger partial charge in [-0.1, -0.05) is 26.7 Å². The van der Waals surface area contributed by atoms with Crippen molar-refractivity contribution in [3.8, 4) is 5.75 Å². The summed E-state index contributed by atoms with van der Waals surface area (Å²) in [5.74, 6) is -0.0890. The Kier molecular flexibility index (Phi) is 5.42. The summed E-state index contributed by atoms with van der Waals surface area (Å²) in [4.78, 5) is 10.4. The number of nitro benzene ring substituents is 1. The molecule has 1 aromatic carbocycles. The quantitative estimate of drug-likeness (QED) is 0.441. The van der Waals surface area contributed by atoms with E-state index in [0.717, 1.165) is 25.7 Å². The number of phenolic OH excluding ortho intramolecular Hbond substituents is 1. The summed E-state index contributed by atoms with van der Waals surface area (Å²) >= 11 is 0.